The minimum atomic E-state index is -0.189. The number of aliphatic hydroxyl groups is 1. The summed E-state index contributed by atoms with van der Waals surface area (Å²) in [4.78, 5) is 13.5. The summed E-state index contributed by atoms with van der Waals surface area (Å²) >= 11 is 5.93. The molecule has 2 aliphatic rings. The van der Waals surface area contributed by atoms with E-state index in [1.54, 1.807) is 6.07 Å². The van der Waals surface area contributed by atoms with Crippen molar-refractivity contribution in [1.29, 1.82) is 0 Å². The van der Waals surface area contributed by atoms with Crippen molar-refractivity contribution < 1.29 is 9.90 Å². The molecule has 2 heterocycles. The standard InChI is InChI=1S/C14H16ClNO2/c15-10-1-4-14(9(5-10)8-17)16-11-2-3-12(16)7-13(18)6-11/h1,4-5,8,11-13,18H,2-3,6-7H2. The molecule has 0 aromatic heterocycles. The number of rotatable bonds is 2. The smallest absolute Gasteiger partial charge is 0.152 e. The third kappa shape index (κ3) is 1.91. The van der Waals surface area contributed by atoms with E-state index >= 15 is 0 Å². The molecule has 0 aliphatic carbocycles. The largest absolute Gasteiger partial charge is 0.393 e. The summed E-state index contributed by atoms with van der Waals surface area (Å²) in [6.07, 6.45) is 4.48. The Hall–Kier alpha value is -1.06. The summed E-state index contributed by atoms with van der Waals surface area (Å²) in [5.41, 5.74) is 1.62. The summed E-state index contributed by atoms with van der Waals surface area (Å²) in [7, 11) is 0. The fraction of sp³-hybridized carbons (Fsp3) is 0.500. The first-order valence-corrected chi connectivity index (χ1v) is 6.78. The predicted octanol–water partition coefficient (Wildman–Crippen LogP) is 2.64. The number of hydrogen-bond donors (Lipinski definition) is 1. The van der Waals surface area contributed by atoms with Crippen molar-refractivity contribution in [2.45, 2.75) is 43.9 Å². The van der Waals surface area contributed by atoms with Crippen molar-refractivity contribution in [1.82, 2.24) is 0 Å². The van der Waals surface area contributed by atoms with Gasteiger partial charge in [-0.15, -0.1) is 0 Å². The van der Waals surface area contributed by atoms with E-state index in [1.807, 2.05) is 12.1 Å². The lowest BCUT2D eigenvalue weighted by atomic mass is 9.98. The maximum absolute atomic E-state index is 11.2. The van der Waals surface area contributed by atoms with E-state index < -0.39 is 0 Å². The SMILES string of the molecule is O=Cc1cc(Cl)ccc1N1C2CCC1CC(O)C2. The lowest BCUT2D eigenvalue weighted by molar-refractivity contribution is 0.112. The highest BCUT2D eigenvalue weighted by Crippen LogP contribution is 2.40. The monoisotopic (exact) mass is 265 g/mol. The summed E-state index contributed by atoms with van der Waals surface area (Å²) in [5.74, 6) is 0. The Morgan fingerprint density at radius 2 is 1.94 bits per heavy atom. The van der Waals surface area contributed by atoms with Crippen molar-refractivity contribution >= 4 is 23.6 Å². The van der Waals surface area contributed by atoms with Gasteiger partial charge >= 0.3 is 0 Å². The third-order valence-electron chi connectivity index (χ3n) is 4.10. The first-order valence-electron chi connectivity index (χ1n) is 6.40. The number of aldehydes is 1. The molecule has 4 heteroatoms. The van der Waals surface area contributed by atoms with Crippen molar-refractivity contribution in [3.8, 4) is 0 Å². The molecule has 2 aliphatic heterocycles. The van der Waals surface area contributed by atoms with Gasteiger partial charge < -0.3 is 10.0 Å². The molecule has 2 atom stereocenters. The van der Waals surface area contributed by atoms with Gasteiger partial charge in [-0.3, -0.25) is 4.79 Å². The van der Waals surface area contributed by atoms with E-state index in [-0.39, 0.29) is 6.10 Å². The Morgan fingerprint density at radius 3 is 2.56 bits per heavy atom. The second kappa shape index (κ2) is 4.56. The molecule has 96 valence electrons. The lowest BCUT2D eigenvalue weighted by Gasteiger charge is -2.39. The molecule has 1 aromatic rings. The van der Waals surface area contributed by atoms with Gasteiger partial charge in [0.25, 0.3) is 0 Å². The van der Waals surface area contributed by atoms with Crippen LogP contribution in [0.25, 0.3) is 0 Å². The van der Waals surface area contributed by atoms with Gasteiger partial charge in [0, 0.05) is 28.4 Å². The zero-order chi connectivity index (χ0) is 12.7. The van der Waals surface area contributed by atoms with Crippen molar-refractivity contribution in [3.05, 3.63) is 28.8 Å². The Bertz CT molecular complexity index is 463. The molecule has 2 bridgehead atoms. The number of aliphatic hydroxyl groups excluding tert-OH is 1. The summed E-state index contributed by atoms with van der Waals surface area (Å²) in [6, 6.07) is 6.19. The summed E-state index contributed by atoms with van der Waals surface area (Å²) < 4.78 is 0. The van der Waals surface area contributed by atoms with E-state index in [9.17, 15) is 9.90 Å². The Kier molecular flexibility index (Phi) is 3.04. The fourth-order valence-electron chi connectivity index (χ4n) is 3.40. The Labute approximate surface area is 111 Å². The molecule has 3 rings (SSSR count). The molecule has 1 N–H and O–H groups in total. The molecule has 3 nitrogen and oxygen atoms in total. The van der Waals surface area contributed by atoms with Crippen LogP contribution in [-0.2, 0) is 0 Å². The van der Waals surface area contributed by atoms with Crippen LogP contribution < -0.4 is 4.90 Å². The molecule has 18 heavy (non-hydrogen) atoms. The number of carbonyl (C=O) groups excluding carboxylic acids is 1. The number of piperidine rings is 1. The van der Waals surface area contributed by atoms with E-state index in [2.05, 4.69) is 4.90 Å². The first kappa shape index (κ1) is 12.0. The molecule has 2 saturated heterocycles. The topological polar surface area (TPSA) is 40.5 Å². The molecule has 0 radical (unpaired) electrons. The van der Waals surface area contributed by atoms with E-state index in [0.717, 1.165) is 37.7 Å². The third-order valence-corrected chi connectivity index (χ3v) is 4.34. The first-order chi connectivity index (χ1) is 8.69. The highest BCUT2D eigenvalue weighted by atomic mass is 35.5. The quantitative estimate of drug-likeness (QED) is 0.836. The minimum absolute atomic E-state index is 0.189. The van der Waals surface area contributed by atoms with Crippen LogP contribution >= 0.6 is 11.6 Å². The molecule has 0 spiro atoms. The van der Waals surface area contributed by atoms with Crippen LogP contribution in [0.3, 0.4) is 0 Å². The molecular formula is C14H16ClNO2. The van der Waals surface area contributed by atoms with Crippen LogP contribution in [0, 0.1) is 0 Å². The number of halogens is 1. The normalized spacial score (nSPS) is 30.6. The number of fused-ring (bicyclic) bond motifs is 2. The van der Waals surface area contributed by atoms with Gasteiger partial charge in [0.1, 0.15) is 0 Å². The van der Waals surface area contributed by atoms with E-state index in [4.69, 9.17) is 11.6 Å². The molecule has 1 aromatic carbocycles. The number of hydrogen-bond acceptors (Lipinski definition) is 3. The van der Waals surface area contributed by atoms with Crippen molar-refractivity contribution in [2.24, 2.45) is 0 Å². The Morgan fingerprint density at radius 1 is 1.28 bits per heavy atom. The Balaban J connectivity index is 1.98. The van der Waals surface area contributed by atoms with Gasteiger partial charge in [0.15, 0.2) is 6.29 Å². The lowest BCUT2D eigenvalue weighted by Crippen LogP contribution is -2.45. The van der Waals surface area contributed by atoms with E-state index in [0.29, 0.717) is 22.7 Å². The number of carbonyl (C=O) groups is 1. The second-order valence-corrected chi connectivity index (χ2v) is 5.67. The summed E-state index contributed by atoms with van der Waals surface area (Å²) in [6.45, 7) is 0. The van der Waals surface area contributed by atoms with Gasteiger partial charge in [-0.2, -0.15) is 0 Å². The van der Waals surface area contributed by atoms with Crippen LogP contribution in [0.1, 0.15) is 36.0 Å². The predicted molar refractivity (Wildman–Crippen MR) is 71.4 cm³/mol. The maximum atomic E-state index is 11.2. The molecule has 2 fully saturated rings. The van der Waals surface area contributed by atoms with Gasteiger partial charge in [0.2, 0.25) is 0 Å². The van der Waals surface area contributed by atoms with Crippen molar-refractivity contribution in [3.63, 3.8) is 0 Å². The van der Waals surface area contributed by atoms with Crippen LogP contribution in [0.2, 0.25) is 5.02 Å². The molecular weight excluding hydrogens is 250 g/mol. The van der Waals surface area contributed by atoms with E-state index in [1.165, 1.54) is 0 Å². The van der Waals surface area contributed by atoms with Crippen LogP contribution in [0.4, 0.5) is 5.69 Å². The number of benzene rings is 1. The van der Waals surface area contributed by atoms with Gasteiger partial charge in [-0.1, -0.05) is 11.6 Å². The molecule has 0 amide bonds. The second-order valence-electron chi connectivity index (χ2n) is 5.24. The van der Waals surface area contributed by atoms with Gasteiger partial charge in [0.05, 0.1) is 6.10 Å². The fourth-order valence-corrected chi connectivity index (χ4v) is 3.58. The van der Waals surface area contributed by atoms with Gasteiger partial charge in [-0.05, 0) is 43.9 Å². The zero-order valence-electron chi connectivity index (χ0n) is 10.1. The minimum Gasteiger partial charge on any atom is -0.393 e. The van der Waals surface area contributed by atoms with Crippen LogP contribution in [-0.4, -0.2) is 29.6 Å². The average molecular weight is 266 g/mol. The van der Waals surface area contributed by atoms with Crippen molar-refractivity contribution in [2.75, 3.05) is 4.90 Å². The molecule has 0 saturated carbocycles. The van der Waals surface area contributed by atoms with Gasteiger partial charge in [-0.25, -0.2) is 0 Å². The average Bonchev–Trinajstić information content (AvgIpc) is 2.62. The number of nitrogens with zero attached hydrogens (tertiary/aromatic N) is 1. The highest BCUT2D eigenvalue weighted by molar-refractivity contribution is 6.31. The summed E-state index contributed by atoms with van der Waals surface area (Å²) in [5, 5.41) is 10.4. The van der Waals surface area contributed by atoms with Crippen LogP contribution in [0.15, 0.2) is 18.2 Å². The molecule has 2 unspecified atom stereocenters. The zero-order valence-corrected chi connectivity index (χ0v) is 10.8. The maximum Gasteiger partial charge on any atom is 0.152 e. The number of anilines is 1. The van der Waals surface area contributed by atoms with Crippen LogP contribution in [0.5, 0.6) is 0 Å². The highest BCUT2D eigenvalue weighted by Gasteiger charge is 2.40.